The molecule has 0 aromatic heterocycles. The van der Waals surface area contributed by atoms with Crippen molar-refractivity contribution in [2.75, 3.05) is 33.4 Å². The lowest BCUT2D eigenvalue weighted by molar-refractivity contribution is -0.148. The summed E-state index contributed by atoms with van der Waals surface area (Å²) in [4.78, 5) is 13.2. The Morgan fingerprint density at radius 1 is 1.57 bits per heavy atom. The van der Waals surface area contributed by atoms with Crippen LogP contribution in [-0.4, -0.2) is 50.3 Å². The second kappa shape index (κ2) is 5.98. The van der Waals surface area contributed by atoms with E-state index in [-0.39, 0.29) is 12.6 Å². The van der Waals surface area contributed by atoms with Gasteiger partial charge in [-0.25, -0.2) is 4.79 Å². The molecule has 4 heteroatoms. The summed E-state index contributed by atoms with van der Waals surface area (Å²) >= 11 is 0. The monoisotopic (exact) mass is 201 g/mol. The Morgan fingerprint density at radius 2 is 2.36 bits per heavy atom. The third-order valence-electron chi connectivity index (χ3n) is 2.51. The number of likely N-dealkylation sites (N-methyl/N-ethyl adjacent to an activating group) is 1. The van der Waals surface area contributed by atoms with Gasteiger partial charge in [-0.15, -0.1) is 0 Å². The normalized spacial score (nSPS) is 22.6. The molecule has 0 N–H and O–H groups in total. The zero-order valence-electron chi connectivity index (χ0n) is 8.99. The van der Waals surface area contributed by atoms with E-state index in [1.165, 1.54) is 12.8 Å². The molecule has 4 nitrogen and oxygen atoms in total. The summed E-state index contributed by atoms with van der Waals surface area (Å²) in [5.41, 5.74) is 0. The quantitative estimate of drug-likeness (QED) is 0.612. The first kappa shape index (κ1) is 11.5. The van der Waals surface area contributed by atoms with Gasteiger partial charge in [0.05, 0.1) is 13.2 Å². The summed E-state index contributed by atoms with van der Waals surface area (Å²) < 4.78 is 10.0. The minimum atomic E-state index is -0.270. The van der Waals surface area contributed by atoms with E-state index >= 15 is 0 Å². The molecule has 1 aliphatic rings. The summed E-state index contributed by atoms with van der Waals surface area (Å²) in [5, 5.41) is 0. The van der Waals surface area contributed by atoms with Gasteiger partial charge in [0, 0.05) is 6.04 Å². The van der Waals surface area contributed by atoms with Crippen LogP contribution in [0.3, 0.4) is 0 Å². The summed E-state index contributed by atoms with van der Waals surface area (Å²) in [6.45, 7) is 4.06. The average Bonchev–Trinajstić information content (AvgIpc) is 2.52. The van der Waals surface area contributed by atoms with Crippen molar-refractivity contribution in [3.05, 3.63) is 0 Å². The van der Waals surface area contributed by atoms with Crippen LogP contribution in [0.4, 0.5) is 0 Å². The second-order valence-corrected chi connectivity index (χ2v) is 3.60. The standard InChI is InChI=1S/C10H19NO3/c1-3-14-10(12)8-13-7-9-5-4-6-11(9)2/h9H,3-8H2,1-2H3. The number of nitrogens with zero attached hydrogens (tertiary/aromatic N) is 1. The van der Waals surface area contributed by atoms with E-state index in [9.17, 15) is 4.79 Å². The molecule has 0 radical (unpaired) electrons. The molecule has 1 aliphatic heterocycles. The molecule has 0 aromatic carbocycles. The van der Waals surface area contributed by atoms with E-state index < -0.39 is 0 Å². The molecule has 82 valence electrons. The van der Waals surface area contributed by atoms with Gasteiger partial charge < -0.3 is 14.4 Å². The summed E-state index contributed by atoms with van der Waals surface area (Å²) in [7, 11) is 2.09. The molecule has 1 heterocycles. The van der Waals surface area contributed by atoms with Crippen molar-refractivity contribution >= 4 is 5.97 Å². The molecule has 1 fully saturated rings. The first-order valence-electron chi connectivity index (χ1n) is 5.17. The maximum Gasteiger partial charge on any atom is 0.332 e. The van der Waals surface area contributed by atoms with Crippen molar-refractivity contribution in [1.82, 2.24) is 4.90 Å². The molecule has 1 atom stereocenters. The van der Waals surface area contributed by atoms with Crippen molar-refractivity contribution in [1.29, 1.82) is 0 Å². The number of ether oxygens (including phenoxy) is 2. The highest BCUT2D eigenvalue weighted by atomic mass is 16.6. The number of rotatable bonds is 5. The number of likely N-dealkylation sites (tertiary alicyclic amines) is 1. The lowest BCUT2D eigenvalue weighted by Gasteiger charge is -2.18. The fourth-order valence-electron chi connectivity index (χ4n) is 1.67. The van der Waals surface area contributed by atoms with Crippen molar-refractivity contribution < 1.29 is 14.3 Å². The highest BCUT2D eigenvalue weighted by molar-refractivity contribution is 5.70. The fraction of sp³-hybridized carbons (Fsp3) is 0.900. The lowest BCUT2D eigenvalue weighted by Crippen LogP contribution is -2.30. The summed E-state index contributed by atoms with van der Waals surface area (Å²) in [6, 6.07) is 0.476. The fourth-order valence-corrected chi connectivity index (χ4v) is 1.67. The molecule has 0 amide bonds. The number of esters is 1. The van der Waals surface area contributed by atoms with Crippen LogP contribution in [0.15, 0.2) is 0 Å². The largest absolute Gasteiger partial charge is 0.464 e. The van der Waals surface area contributed by atoms with Gasteiger partial charge in [0.15, 0.2) is 0 Å². The molecule has 1 rings (SSSR count). The van der Waals surface area contributed by atoms with E-state index in [0.29, 0.717) is 19.3 Å². The topological polar surface area (TPSA) is 38.8 Å². The molecule has 0 bridgehead atoms. The van der Waals surface area contributed by atoms with Gasteiger partial charge >= 0.3 is 5.97 Å². The van der Waals surface area contributed by atoms with Gasteiger partial charge in [-0.1, -0.05) is 0 Å². The molecule has 0 saturated carbocycles. The van der Waals surface area contributed by atoms with Gasteiger partial charge in [0.2, 0.25) is 0 Å². The zero-order valence-corrected chi connectivity index (χ0v) is 8.99. The third-order valence-corrected chi connectivity index (χ3v) is 2.51. The number of hydrogen-bond donors (Lipinski definition) is 0. The van der Waals surface area contributed by atoms with Crippen LogP contribution < -0.4 is 0 Å². The molecule has 1 saturated heterocycles. The lowest BCUT2D eigenvalue weighted by atomic mass is 10.2. The van der Waals surface area contributed by atoms with E-state index in [1.54, 1.807) is 6.92 Å². The predicted molar refractivity (Wildman–Crippen MR) is 53.1 cm³/mol. The van der Waals surface area contributed by atoms with Crippen molar-refractivity contribution in [2.45, 2.75) is 25.8 Å². The van der Waals surface area contributed by atoms with E-state index in [2.05, 4.69) is 11.9 Å². The Morgan fingerprint density at radius 3 is 2.93 bits per heavy atom. The first-order chi connectivity index (χ1) is 6.74. The van der Waals surface area contributed by atoms with Crippen molar-refractivity contribution in [2.24, 2.45) is 0 Å². The van der Waals surface area contributed by atoms with Gasteiger partial charge in [-0.3, -0.25) is 0 Å². The Labute approximate surface area is 85.2 Å². The Bertz CT molecular complexity index is 184. The molecule has 0 aromatic rings. The molecule has 1 unspecified atom stereocenters. The van der Waals surface area contributed by atoms with Gasteiger partial charge in [0.25, 0.3) is 0 Å². The maximum atomic E-state index is 10.9. The highest BCUT2D eigenvalue weighted by Gasteiger charge is 2.20. The minimum Gasteiger partial charge on any atom is -0.464 e. The molecule has 0 aliphatic carbocycles. The molecule has 0 spiro atoms. The highest BCUT2D eigenvalue weighted by Crippen LogP contribution is 2.14. The second-order valence-electron chi connectivity index (χ2n) is 3.60. The molecular formula is C10H19NO3. The Kier molecular flexibility index (Phi) is 4.90. The Balaban J connectivity index is 2.06. The van der Waals surface area contributed by atoms with Crippen LogP contribution in [0.25, 0.3) is 0 Å². The zero-order chi connectivity index (χ0) is 10.4. The van der Waals surface area contributed by atoms with Crippen molar-refractivity contribution in [3.63, 3.8) is 0 Å². The predicted octanol–water partition coefficient (Wildman–Crippen LogP) is 0.660. The third kappa shape index (κ3) is 3.64. The number of carbonyl (C=O) groups is 1. The minimum absolute atomic E-state index is 0.0815. The molecule has 14 heavy (non-hydrogen) atoms. The smallest absolute Gasteiger partial charge is 0.332 e. The number of hydrogen-bond acceptors (Lipinski definition) is 4. The van der Waals surface area contributed by atoms with E-state index in [0.717, 1.165) is 6.54 Å². The first-order valence-corrected chi connectivity index (χ1v) is 5.17. The maximum absolute atomic E-state index is 10.9. The van der Waals surface area contributed by atoms with Crippen LogP contribution in [0.5, 0.6) is 0 Å². The van der Waals surface area contributed by atoms with Crippen LogP contribution in [-0.2, 0) is 14.3 Å². The summed E-state index contributed by atoms with van der Waals surface area (Å²) in [5.74, 6) is -0.270. The van der Waals surface area contributed by atoms with E-state index in [4.69, 9.17) is 9.47 Å². The SMILES string of the molecule is CCOC(=O)COCC1CCCN1C. The molecular weight excluding hydrogens is 182 g/mol. The van der Waals surface area contributed by atoms with Gasteiger partial charge in [-0.2, -0.15) is 0 Å². The van der Waals surface area contributed by atoms with Crippen molar-refractivity contribution in [3.8, 4) is 0 Å². The van der Waals surface area contributed by atoms with Gasteiger partial charge in [0.1, 0.15) is 6.61 Å². The van der Waals surface area contributed by atoms with E-state index in [1.807, 2.05) is 0 Å². The van der Waals surface area contributed by atoms with Gasteiger partial charge in [-0.05, 0) is 33.4 Å². The summed E-state index contributed by atoms with van der Waals surface area (Å²) in [6.07, 6.45) is 2.39. The Hall–Kier alpha value is -0.610. The van der Waals surface area contributed by atoms with Crippen LogP contribution in [0.2, 0.25) is 0 Å². The number of carbonyl (C=O) groups excluding carboxylic acids is 1. The van der Waals surface area contributed by atoms with Crippen LogP contribution >= 0.6 is 0 Å². The average molecular weight is 201 g/mol. The van der Waals surface area contributed by atoms with Crippen LogP contribution in [0, 0.1) is 0 Å². The van der Waals surface area contributed by atoms with Crippen LogP contribution in [0.1, 0.15) is 19.8 Å².